The van der Waals surface area contributed by atoms with E-state index in [0.717, 1.165) is 0 Å². The SMILES string of the molecule is CSc1ccc([C@H](C)O)cc1F. The van der Waals surface area contributed by atoms with Gasteiger partial charge in [-0.3, -0.25) is 0 Å². The van der Waals surface area contributed by atoms with Crippen LogP contribution in [-0.2, 0) is 0 Å². The molecule has 0 spiro atoms. The van der Waals surface area contributed by atoms with Gasteiger partial charge in [-0.2, -0.15) is 0 Å². The first-order valence-electron chi connectivity index (χ1n) is 3.66. The summed E-state index contributed by atoms with van der Waals surface area (Å²) in [5.41, 5.74) is 0.616. The van der Waals surface area contributed by atoms with Crippen molar-refractivity contribution in [3.05, 3.63) is 29.6 Å². The van der Waals surface area contributed by atoms with Gasteiger partial charge in [-0.1, -0.05) is 6.07 Å². The average Bonchev–Trinajstić information content (AvgIpc) is 2.04. The molecule has 1 atom stereocenters. The largest absolute Gasteiger partial charge is 0.389 e. The fourth-order valence-corrected chi connectivity index (χ4v) is 1.40. The highest BCUT2D eigenvalue weighted by atomic mass is 32.2. The molecule has 0 aliphatic heterocycles. The second-order valence-electron chi connectivity index (χ2n) is 2.57. The van der Waals surface area contributed by atoms with Gasteiger partial charge in [-0.25, -0.2) is 4.39 Å². The summed E-state index contributed by atoms with van der Waals surface area (Å²) in [5, 5.41) is 9.14. The minimum absolute atomic E-state index is 0.263. The third kappa shape index (κ3) is 1.99. The molecule has 0 aliphatic carbocycles. The van der Waals surface area contributed by atoms with Crippen molar-refractivity contribution < 1.29 is 9.50 Å². The highest BCUT2D eigenvalue weighted by molar-refractivity contribution is 7.98. The van der Waals surface area contributed by atoms with Gasteiger partial charge in [-0.05, 0) is 30.9 Å². The number of aliphatic hydroxyl groups excluding tert-OH is 1. The lowest BCUT2D eigenvalue weighted by Gasteiger charge is -2.05. The van der Waals surface area contributed by atoms with Gasteiger partial charge in [0.15, 0.2) is 0 Å². The Morgan fingerprint density at radius 1 is 1.50 bits per heavy atom. The molecule has 1 aromatic carbocycles. The van der Waals surface area contributed by atoms with Crippen molar-refractivity contribution in [3.63, 3.8) is 0 Å². The van der Waals surface area contributed by atoms with Crippen LogP contribution in [-0.4, -0.2) is 11.4 Å². The van der Waals surface area contributed by atoms with E-state index in [-0.39, 0.29) is 5.82 Å². The standard InChI is InChI=1S/C9H11FOS/c1-6(11)7-3-4-9(12-2)8(10)5-7/h3-6,11H,1-2H3/t6-/m0/s1. The number of aliphatic hydroxyl groups is 1. The third-order valence-corrected chi connectivity index (χ3v) is 2.43. The van der Waals surface area contributed by atoms with Crippen LogP contribution in [0, 0.1) is 5.82 Å². The smallest absolute Gasteiger partial charge is 0.137 e. The van der Waals surface area contributed by atoms with E-state index in [1.165, 1.54) is 17.8 Å². The van der Waals surface area contributed by atoms with E-state index in [2.05, 4.69) is 0 Å². The quantitative estimate of drug-likeness (QED) is 0.716. The predicted molar refractivity (Wildman–Crippen MR) is 48.8 cm³/mol. The zero-order valence-corrected chi connectivity index (χ0v) is 7.86. The molecule has 0 saturated carbocycles. The van der Waals surface area contributed by atoms with Gasteiger partial charge >= 0.3 is 0 Å². The topological polar surface area (TPSA) is 20.2 Å². The molecule has 1 rings (SSSR count). The minimum atomic E-state index is -0.601. The van der Waals surface area contributed by atoms with Crippen molar-refractivity contribution in [1.82, 2.24) is 0 Å². The van der Waals surface area contributed by atoms with Crippen molar-refractivity contribution in [2.45, 2.75) is 17.9 Å². The molecule has 12 heavy (non-hydrogen) atoms. The molecule has 0 radical (unpaired) electrons. The zero-order valence-electron chi connectivity index (χ0n) is 7.04. The Bertz CT molecular complexity index is 273. The maximum absolute atomic E-state index is 13.1. The van der Waals surface area contributed by atoms with Gasteiger partial charge < -0.3 is 5.11 Å². The summed E-state index contributed by atoms with van der Waals surface area (Å²) in [5.74, 6) is -0.263. The summed E-state index contributed by atoms with van der Waals surface area (Å²) >= 11 is 1.36. The summed E-state index contributed by atoms with van der Waals surface area (Å²) in [6.45, 7) is 1.62. The Morgan fingerprint density at radius 2 is 2.17 bits per heavy atom. The van der Waals surface area contributed by atoms with E-state index < -0.39 is 6.10 Å². The first kappa shape index (κ1) is 9.55. The molecule has 1 nitrogen and oxygen atoms in total. The van der Waals surface area contributed by atoms with E-state index in [1.54, 1.807) is 19.1 Å². The van der Waals surface area contributed by atoms with Crippen LogP contribution in [0.3, 0.4) is 0 Å². The molecule has 0 bridgehead atoms. The normalized spacial score (nSPS) is 13.0. The molecule has 0 fully saturated rings. The lowest BCUT2D eigenvalue weighted by Crippen LogP contribution is -1.92. The number of hydrogen-bond donors (Lipinski definition) is 1. The van der Waals surface area contributed by atoms with Crippen molar-refractivity contribution in [2.24, 2.45) is 0 Å². The first-order chi connectivity index (χ1) is 5.65. The number of hydrogen-bond acceptors (Lipinski definition) is 2. The molecule has 3 heteroatoms. The van der Waals surface area contributed by atoms with Gasteiger partial charge in [0.25, 0.3) is 0 Å². The summed E-state index contributed by atoms with van der Waals surface area (Å²) in [6, 6.07) is 4.79. The molecule has 1 N–H and O–H groups in total. The molecule has 0 saturated heterocycles. The Hall–Kier alpha value is -0.540. The van der Waals surface area contributed by atoms with E-state index in [1.807, 2.05) is 6.26 Å². The molecule has 0 unspecified atom stereocenters. The molecule has 1 aromatic rings. The van der Waals surface area contributed by atoms with Gasteiger partial charge in [-0.15, -0.1) is 11.8 Å². The Morgan fingerprint density at radius 3 is 2.58 bits per heavy atom. The molecule has 0 amide bonds. The van der Waals surface area contributed by atoms with Crippen LogP contribution >= 0.6 is 11.8 Å². The predicted octanol–water partition coefficient (Wildman–Crippen LogP) is 2.60. The lowest BCUT2D eigenvalue weighted by atomic mass is 10.1. The van der Waals surface area contributed by atoms with E-state index in [0.29, 0.717) is 10.5 Å². The molecular formula is C9H11FOS. The van der Waals surface area contributed by atoms with E-state index >= 15 is 0 Å². The number of halogens is 1. The highest BCUT2D eigenvalue weighted by Crippen LogP contribution is 2.22. The van der Waals surface area contributed by atoms with Crippen LogP contribution in [0.1, 0.15) is 18.6 Å². The van der Waals surface area contributed by atoms with Crippen LogP contribution < -0.4 is 0 Å². The van der Waals surface area contributed by atoms with E-state index in [4.69, 9.17) is 5.11 Å². The van der Waals surface area contributed by atoms with Crippen LogP contribution in [0.25, 0.3) is 0 Å². The maximum atomic E-state index is 13.1. The molecule has 0 aromatic heterocycles. The summed E-state index contributed by atoms with van der Waals surface area (Å²) < 4.78 is 13.1. The summed E-state index contributed by atoms with van der Waals surface area (Å²) in [7, 11) is 0. The van der Waals surface area contributed by atoms with Crippen molar-refractivity contribution in [2.75, 3.05) is 6.26 Å². The zero-order chi connectivity index (χ0) is 9.14. The average molecular weight is 186 g/mol. The maximum Gasteiger partial charge on any atom is 0.137 e. The number of rotatable bonds is 2. The summed E-state index contributed by atoms with van der Waals surface area (Å²) in [4.78, 5) is 0.611. The van der Waals surface area contributed by atoms with Gasteiger partial charge in [0.1, 0.15) is 5.82 Å². The van der Waals surface area contributed by atoms with Crippen LogP contribution in [0.5, 0.6) is 0 Å². The molecular weight excluding hydrogens is 175 g/mol. The monoisotopic (exact) mass is 186 g/mol. The Labute approximate surface area is 75.6 Å². The fraction of sp³-hybridized carbons (Fsp3) is 0.333. The highest BCUT2D eigenvalue weighted by Gasteiger charge is 2.05. The van der Waals surface area contributed by atoms with E-state index in [9.17, 15) is 4.39 Å². The van der Waals surface area contributed by atoms with Crippen molar-refractivity contribution in [3.8, 4) is 0 Å². The van der Waals surface area contributed by atoms with Crippen LogP contribution in [0.15, 0.2) is 23.1 Å². The minimum Gasteiger partial charge on any atom is -0.389 e. The van der Waals surface area contributed by atoms with Crippen molar-refractivity contribution >= 4 is 11.8 Å². The second kappa shape index (κ2) is 3.92. The van der Waals surface area contributed by atoms with Gasteiger partial charge in [0.2, 0.25) is 0 Å². The van der Waals surface area contributed by atoms with Crippen LogP contribution in [0.4, 0.5) is 4.39 Å². The Kier molecular flexibility index (Phi) is 3.12. The molecule has 0 aliphatic rings. The van der Waals surface area contributed by atoms with Gasteiger partial charge in [0.05, 0.1) is 6.10 Å². The molecule has 66 valence electrons. The fourth-order valence-electron chi connectivity index (χ4n) is 0.942. The van der Waals surface area contributed by atoms with Crippen molar-refractivity contribution in [1.29, 1.82) is 0 Å². The third-order valence-electron chi connectivity index (χ3n) is 1.66. The number of benzene rings is 1. The van der Waals surface area contributed by atoms with Crippen LogP contribution in [0.2, 0.25) is 0 Å². The number of thioether (sulfide) groups is 1. The second-order valence-corrected chi connectivity index (χ2v) is 3.42. The summed E-state index contributed by atoms with van der Waals surface area (Å²) in [6.07, 6.45) is 1.22. The Balaban J connectivity index is 3.02. The van der Waals surface area contributed by atoms with Gasteiger partial charge in [0, 0.05) is 4.90 Å². The molecule has 0 heterocycles. The lowest BCUT2D eigenvalue weighted by molar-refractivity contribution is 0.198. The first-order valence-corrected chi connectivity index (χ1v) is 4.89.